The van der Waals surface area contributed by atoms with Crippen LogP contribution in [0, 0.1) is 10.8 Å². The van der Waals surface area contributed by atoms with E-state index in [1.165, 1.54) is 0 Å². The summed E-state index contributed by atoms with van der Waals surface area (Å²) >= 11 is 0. The minimum atomic E-state index is -0.519. The van der Waals surface area contributed by atoms with Gasteiger partial charge in [-0.25, -0.2) is 0 Å². The topological polar surface area (TPSA) is 49.4 Å². The fourth-order valence-corrected chi connectivity index (χ4v) is 2.31. The predicted octanol–water partition coefficient (Wildman–Crippen LogP) is 5.38. The molecule has 2 amide bonds. The standard InChI is InChI=1S/C22H28N2O2/c1-21(2,3)19(25)23-16-12-14-18(15-13-16)24(20(26)22(4,5)6)17-10-8-7-9-11-17/h7-15H,1-6H3,(H,23,25). The normalized spacial score (nSPS) is 11.8. The van der Waals surface area contributed by atoms with Gasteiger partial charge in [-0.05, 0) is 36.4 Å². The summed E-state index contributed by atoms with van der Waals surface area (Å²) in [4.78, 5) is 26.9. The fraction of sp³-hybridized carbons (Fsp3) is 0.364. The summed E-state index contributed by atoms with van der Waals surface area (Å²) in [7, 11) is 0. The third-order valence-electron chi connectivity index (χ3n) is 3.92. The number of anilines is 3. The predicted molar refractivity (Wildman–Crippen MR) is 108 cm³/mol. The molecule has 0 radical (unpaired) electrons. The summed E-state index contributed by atoms with van der Waals surface area (Å²) < 4.78 is 0. The van der Waals surface area contributed by atoms with Crippen LogP contribution in [0.15, 0.2) is 54.6 Å². The molecule has 0 heterocycles. The molecule has 0 aromatic heterocycles. The Kier molecular flexibility index (Phi) is 5.55. The summed E-state index contributed by atoms with van der Waals surface area (Å²) in [6, 6.07) is 16.9. The van der Waals surface area contributed by atoms with Gasteiger partial charge in [0, 0.05) is 27.9 Å². The van der Waals surface area contributed by atoms with Crippen LogP contribution in [0.3, 0.4) is 0 Å². The molecule has 0 spiro atoms. The van der Waals surface area contributed by atoms with Crippen LogP contribution in [0.2, 0.25) is 0 Å². The molecule has 0 fully saturated rings. The van der Waals surface area contributed by atoms with Crippen LogP contribution in [-0.2, 0) is 9.59 Å². The Balaban J connectivity index is 2.35. The van der Waals surface area contributed by atoms with Gasteiger partial charge in [-0.15, -0.1) is 0 Å². The van der Waals surface area contributed by atoms with E-state index in [1.54, 1.807) is 4.90 Å². The molecule has 2 aromatic rings. The van der Waals surface area contributed by atoms with Gasteiger partial charge in [-0.2, -0.15) is 0 Å². The van der Waals surface area contributed by atoms with Crippen LogP contribution >= 0.6 is 0 Å². The van der Waals surface area contributed by atoms with Crippen LogP contribution in [0.25, 0.3) is 0 Å². The highest BCUT2D eigenvalue weighted by atomic mass is 16.2. The summed E-state index contributed by atoms with van der Waals surface area (Å²) in [5.74, 6) is -0.0360. The molecule has 0 unspecified atom stereocenters. The van der Waals surface area contributed by atoms with Gasteiger partial charge < -0.3 is 5.32 Å². The van der Waals surface area contributed by atoms with Crippen molar-refractivity contribution in [1.29, 1.82) is 0 Å². The summed E-state index contributed by atoms with van der Waals surface area (Å²) in [6.45, 7) is 11.3. The van der Waals surface area contributed by atoms with Crippen molar-refractivity contribution in [1.82, 2.24) is 0 Å². The molecule has 1 N–H and O–H groups in total. The molecule has 0 saturated carbocycles. The van der Waals surface area contributed by atoms with E-state index in [9.17, 15) is 9.59 Å². The fourth-order valence-electron chi connectivity index (χ4n) is 2.31. The van der Waals surface area contributed by atoms with Crippen LogP contribution in [0.1, 0.15) is 41.5 Å². The SMILES string of the molecule is CC(C)(C)C(=O)Nc1ccc(N(C(=O)C(C)(C)C)c2ccccc2)cc1. The Morgan fingerprint density at radius 1 is 0.731 bits per heavy atom. The molecule has 4 heteroatoms. The van der Waals surface area contributed by atoms with Crippen molar-refractivity contribution in [3.8, 4) is 0 Å². The zero-order chi connectivity index (χ0) is 19.5. The molecule has 0 aliphatic carbocycles. The maximum Gasteiger partial charge on any atom is 0.236 e. The lowest BCUT2D eigenvalue weighted by Gasteiger charge is -2.30. The molecule has 0 bridgehead atoms. The largest absolute Gasteiger partial charge is 0.326 e. The molecule has 0 atom stereocenters. The van der Waals surface area contributed by atoms with Crippen LogP contribution < -0.4 is 10.2 Å². The number of carbonyl (C=O) groups excluding carboxylic acids is 2. The minimum Gasteiger partial charge on any atom is -0.326 e. The van der Waals surface area contributed by atoms with Crippen molar-refractivity contribution in [2.24, 2.45) is 10.8 Å². The second-order valence-corrected chi connectivity index (χ2v) is 8.48. The first-order valence-electron chi connectivity index (χ1n) is 8.81. The number of nitrogens with zero attached hydrogens (tertiary/aromatic N) is 1. The number of carbonyl (C=O) groups is 2. The monoisotopic (exact) mass is 352 g/mol. The lowest BCUT2D eigenvalue weighted by atomic mass is 9.94. The lowest BCUT2D eigenvalue weighted by molar-refractivity contribution is -0.125. The quantitative estimate of drug-likeness (QED) is 0.806. The van der Waals surface area contributed by atoms with Crippen molar-refractivity contribution >= 4 is 28.9 Å². The Morgan fingerprint density at radius 3 is 1.69 bits per heavy atom. The van der Waals surface area contributed by atoms with E-state index in [1.807, 2.05) is 96.1 Å². The molecule has 4 nitrogen and oxygen atoms in total. The van der Waals surface area contributed by atoms with Crippen LogP contribution in [0.5, 0.6) is 0 Å². The average Bonchev–Trinajstić information content (AvgIpc) is 2.56. The second-order valence-electron chi connectivity index (χ2n) is 8.48. The van der Waals surface area contributed by atoms with E-state index < -0.39 is 10.8 Å². The molecule has 26 heavy (non-hydrogen) atoms. The number of rotatable bonds is 3. The molecule has 2 aromatic carbocycles. The lowest BCUT2D eigenvalue weighted by Crippen LogP contribution is -2.36. The maximum absolute atomic E-state index is 13.0. The van der Waals surface area contributed by atoms with Crippen molar-refractivity contribution in [3.05, 3.63) is 54.6 Å². The molecule has 138 valence electrons. The number of benzene rings is 2. The van der Waals surface area contributed by atoms with Crippen LogP contribution in [-0.4, -0.2) is 11.8 Å². The van der Waals surface area contributed by atoms with E-state index in [4.69, 9.17) is 0 Å². The number of hydrogen-bond acceptors (Lipinski definition) is 2. The zero-order valence-electron chi connectivity index (χ0n) is 16.5. The number of nitrogens with one attached hydrogen (secondary N) is 1. The molecule has 0 aliphatic heterocycles. The molecule has 0 saturated heterocycles. The first-order valence-corrected chi connectivity index (χ1v) is 8.81. The Labute approximate surface area is 156 Å². The second kappa shape index (κ2) is 7.32. The van der Waals surface area contributed by atoms with Gasteiger partial charge in [0.25, 0.3) is 0 Å². The minimum absolute atomic E-state index is 0.00942. The smallest absolute Gasteiger partial charge is 0.236 e. The van der Waals surface area contributed by atoms with E-state index >= 15 is 0 Å². The highest BCUT2D eigenvalue weighted by molar-refractivity contribution is 6.03. The number of para-hydroxylation sites is 1. The van der Waals surface area contributed by atoms with Crippen molar-refractivity contribution in [2.45, 2.75) is 41.5 Å². The average molecular weight is 352 g/mol. The zero-order valence-corrected chi connectivity index (χ0v) is 16.5. The van der Waals surface area contributed by atoms with Crippen molar-refractivity contribution < 1.29 is 9.59 Å². The summed E-state index contributed by atoms with van der Waals surface area (Å²) in [6.07, 6.45) is 0. The third kappa shape index (κ3) is 4.72. The highest BCUT2D eigenvalue weighted by Gasteiger charge is 2.29. The Morgan fingerprint density at radius 2 is 1.23 bits per heavy atom. The molecule has 2 rings (SSSR count). The van der Waals surface area contributed by atoms with Gasteiger partial charge in [0.15, 0.2) is 0 Å². The number of amides is 2. The van der Waals surface area contributed by atoms with Gasteiger partial charge in [-0.1, -0.05) is 59.7 Å². The van der Waals surface area contributed by atoms with Gasteiger partial charge in [0.2, 0.25) is 11.8 Å². The number of hydrogen-bond donors (Lipinski definition) is 1. The van der Waals surface area contributed by atoms with Gasteiger partial charge in [-0.3, -0.25) is 14.5 Å². The van der Waals surface area contributed by atoms with E-state index in [0.29, 0.717) is 5.69 Å². The highest BCUT2D eigenvalue weighted by Crippen LogP contribution is 2.32. The molecule has 0 aliphatic rings. The maximum atomic E-state index is 13.0. The van der Waals surface area contributed by atoms with Crippen molar-refractivity contribution in [3.63, 3.8) is 0 Å². The Bertz CT molecular complexity index is 767. The summed E-state index contributed by atoms with van der Waals surface area (Å²) in [5, 5.41) is 2.90. The third-order valence-corrected chi connectivity index (χ3v) is 3.92. The van der Waals surface area contributed by atoms with Gasteiger partial charge in [0.05, 0.1) is 0 Å². The first-order chi connectivity index (χ1) is 12.0. The molecular weight excluding hydrogens is 324 g/mol. The molecular formula is C22H28N2O2. The first kappa shape index (κ1) is 19.7. The van der Waals surface area contributed by atoms with Crippen molar-refractivity contribution in [2.75, 3.05) is 10.2 Å². The van der Waals surface area contributed by atoms with Gasteiger partial charge >= 0.3 is 0 Å². The van der Waals surface area contributed by atoms with E-state index in [-0.39, 0.29) is 11.8 Å². The van der Waals surface area contributed by atoms with Gasteiger partial charge in [0.1, 0.15) is 0 Å². The van der Waals surface area contributed by atoms with E-state index in [2.05, 4.69) is 5.32 Å². The van der Waals surface area contributed by atoms with Crippen LogP contribution in [0.4, 0.5) is 17.1 Å². The Hall–Kier alpha value is -2.62. The van der Waals surface area contributed by atoms with E-state index in [0.717, 1.165) is 11.4 Å². The summed E-state index contributed by atoms with van der Waals surface area (Å²) in [5.41, 5.74) is 1.32.